The maximum absolute atomic E-state index is 11.8. The van der Waals surface area contributed by atoms with Crippen molar-refractivity contribution < 1.29 is 4.79 Å². The van der Waals surface area contributed by atoms with Crippen LogP contribution in [0.2, 0.25) is 0 Å². The standard InChI is InChI=1S/C16H18N2O/c1-10-2-3-11-4-5-13-12(14(11)8-10)6-7-18-15(13)9-17-16(18)19/h2-3,8,15H,4-7,9H2,1H3,(H,17,19). The average molecular weight is 254 g/mol. The summed E-state index contributed by atoms with van der Waals surface area (Å²) in [6.45, 7) is 3.81. The Hall–Kier alpha value is -1.77. The van der Waals surface area contributed by atoms with Crippen molar-refractivity contribution in [1.82, 2.24) is 10.2 Å². The molecule has 1 aliphatic carbocycles. The van der Waals surface area contributed by atoms with Gasteiger partial charge in [0.2, 0.25) is 0 Å². The van der Waals surface area contributed by atoms with Gasteiger partial charge in [-0.15, -0.1) is 0 Å². The summed E-state index contributed by atoms with van der Waals surface area (Å²) in [6, 6.07) is 7.24. The second-order valence-corrected chi connectivity index (χ2v) is 5.81. The van der Waals surface area contributed by atoms with Gasteiger partial charge in [0.15, 0.2) is 0 Å². The van der Waals surface area contributed by atoms with E-state index in [0.29, 0.717) is 6.04 Å². The number of fused-ring (bicyclic) bond motifs is 4. The van der Waals surface area contributed by atoms with Crippen molar-refractivity contribution in [2.24, 2.45) is 0 Å². The molecule has 1 N–H and O–H groups in total. The van der Waals surface area contributed by atoms with E-state index in [2.05, 4.69) is 30.4 Å². The van der Waals surface area contributed by atoms with E-state index >= 15 is 0 Å². The maximum atomic E-state index is 11.8. The van der Waals surface area contributed by atoms with E-state index < -0.39 is 0 Å². The summed E-state index contributed by atoms with van der Waals surface area (Å²) in [5.41, 5.74) is 7.27. The van der Waals surface area contributed by atoms with Crippen LogP contribution in [-0.4, -0.2) is 30.1 Å². The Labute approximate surface area is 113 Å². The van der Waals surface area contributed by atoms with Crippen LogP contribution < -0.4 is 5.32 Å². The third-order valence-electron chi connectivity index (χ3n) is 4.73. The van der Waals surface area contributed by atoms with Crippen molar-refractivity contribution in [2.75, 3.05) is 13.1 Å². The Morgan fingerprint density at radius 1 is 1.26 bits per heavy atom. The number of amides is 2. The van der Waals surface area contributed by atoms with Crippen LogP contribution in [0.1, 0.15) is 29.5 Å². The van der Waals surface area contributed by atoms with Crippen molar-refractivity contribution >= 4 is 11.6 Å². The minimum Gasteiger partial charge on any atom is -0.336 e. The van der Waals surface area contributed by atoms with E-state index in [1.807, 2.05) is 4.90 Å². The first-order chi connectivity index (χ1) is 9.24. The van der Waals surface area contributed by atoms with E-state index in [-0.39, 0.29) is 6.03 Å². The molecule has 1 aromatic carbocycles. The van der Waals surface area contributed by atoms with E-state index in [1.54, 1.807) is 0 Å². The first-order valence-electron chi connectivity index (χ1n) is 7.10. The first-order valence-corrected chi connectivity index (χ1v) is 7.10. The van der Waals surface area contributed by atoms with Crippen LogP contribution in [0.3, 0.4) is 0 Å². The first kappa shape index (κ1) is 11.1. The second-order valence-electron chi connectivity index (χ2n) is 5.81. The Kier molecular flexibility index (Phi) is 2.25. The molecule has 1 aromatic rings. The summed E-state index contributed by atoms with van der Waals surface area (Å²) in [4.78, 5) is 13.8. The van der Waals surface area contributed by atoms with Crippen LogP contribution in [0.4, 0.5) is 4.79 Å². The Morgan fingerprint density at radius 2 is 2.16 bits per heavy atom. The molecule has 2 heterocycles. The van der Waals surface area contributed by atoms with E-state index in [0.717, 1.165) is 32.4 Å². The quantitative estimate of drug-likeness (QED) is 0.758. The molecule has 98 valence electrons. The number of urea groups is 1. The molecular weight excluding hydrogens is 236 g/mol. The predicted molar refractivity (Wildman–Crippen MR) is 74.9 cm³/mol. The van der Waals surface area contributed by atoms with E-state index in [1.165, 1.54) is 27.8 Å². The summed E-state index contributed by atoms with van der Waals surface area (Å²) in [5.74, 6) is 0. The number of carbonyl (C=O) groups is 1. The van der Waals surface area contributed by atoms with Gasteiger partial charge in [0, 0.05) is 13.1 Å². The lowest BCUT2D eigenvalue weighted by molar-refractivity contribution is 0.207. The summed E-state index contributed by atoms with van der Waals surface area (Å²) in [7, 11) is 0. The number of rotatable bonds is 0. The van der Waals surface area contributed by atoms with Crippen LogP contribution in [-0.2, 0) is 6.42 Å². The number of hydrogen-bond acceptors (Lipinski definition) is 1. The molecule has 0 radical (unpaired) electrons. The van der Waals surface area contributed by atoms with Gasteiger partial charge in [-0.05, 0) is 48.5 Å². The molecule has 19 heavy (non-hydrogen) atoms. The second kappa shape index (κ2) is 3.86. The molecule has 0 spiro atoms. The molecule has 3 nitrogen and oxygen atoms in total. The number of hydrogen-bond donors (Lipinski definition) is 1. The van der Waals surface area contributed by atoms with Crippen LogP contribution in [0, 0.1) is 6.92 Å². The van der Waals surface area contributed by atoms with Gasteiger partial charge in [0.25, 0.3) is 0 Å². The van der Waals surface area contributed by atoms with Crippen molar-refractivity contribution in [2.45, 2.75) is 32.2 Å². The van der Waals surface area contributed by atoms with Crippen LogP contribution >= 0.6 is 0 Å². The van der Waals surface area contributed by atoms with Gasteiger partial charge in [0.05, 0.1) is 6.04 Å². The zero-order valence-corrected chi connectivity index (χ0v) is 11.2. The predicted octanol–water partition coefficient (Wildman–Crippen LogP) is 2.49. The Morgan fingerprint density at radius 3 is 3.05 bits per heavy atom. The van der Waals surface area contributed by atoms with Gasteiger partial charge in [-0.1, -0.05) is 23.8 Å². The van der Waals surface area contributed by atoms with Crippen molar-refractivity contribution in [1.29, 1.82) is 0 Å². The number of carbonyl (C=O) groups excluding carboxylic acids is 1. The molecule has 0 bridgehead atoms. The highest BCUT2D eigenvalue weighted by Gasteiger charge is 2.38. The fourth-order valence-corrected chi connectivity index (χ4v) is 3.78. The maximum Gasteiger partial charge on any atom is 0.318 e. The molecule has 1 unspecified atom stereocenters. The highest BCUT2D eigenvalue weighted by Crippen LogP contribution is 2.40. The third-order valence-corrected chi connectivity index (χ3v) is 4.73. The van der Waals surface area contributed by atoms with Gasteiger partial charge >= 0.3 is 6.03 Å². The summed E-state index contributed by atoms with van der Waals surface area (Å²) >= 11 is 0. The lowest BCUT2D eigenvalue weighted by atomic mass is 9.78. The van der Waals surface area contributed by atoms with E-state index in [9.17, 15) is 4.79 Å². The molecule has 3 aliphatic rings. The van der Waals surface area contributed by atoms with Crippen molar-refractivity contribution in [3.8, 4) is 0 Å². The van der Waals surface area contributed by atoms with Gasteiger partial charge in [-0.2, -0.15) is 0 Å². The molecule has 0 saturated carbocycles. The van der Waals surface area contributed by atoms with Crippen LogP contribution in [0.5, 0.6) is 0 Å². The lowest BCUT2D eigenvalue weighted by Gasteiger charge is -2.36. The van der Waals surface area contributed by atoms with Gasteiger partial charge in [-0.25, -0.2) is 4.79 Å². The normalized spacial score (nSPS) is 24.8. The zero-order chi connectivity index (χ0) is 13.0. The lowest BCUT2D eigenvalue weighted by Crippen LogP contribution is -2.40. The largest absolute Gasteiger partial charge is 0.336 e. The minimum absolute atomic E-state index is 0.117. The highest BCUT2D eigenvalue weighted by molar-refractivity contribution is 5.83. The molecule has 3 heteroatoms. The smallest absolute Gasteiger partial charge is 0.318 e. The highest BCUT2D eigenvalue weighted by atomic mass is 16.2. The van der Waals surface area contributed by atoms with Crippen molar-refractivity contribution in [3.05, 3.63) is 40.5 Å². The monoisotopic (exact) mass is 254 g/mol. The van der Waals surface area contributed by atoms with Crippen LogP contribution in [0.25, 0.3) is 5.57 Å². The van der Waals surface area contributed by atoms with Gasteiger partial charge in [0.1, 0.15) is 0 Å². The summed E-state index contributed by atoms with van der Waals surface area (Å²) < 4.78 is 0. The third kappa shape index (κ3) is 1.54. The molecule has 1 atom stereocenters. The summed E-state index contributed by atoms with van der Waals surface area (Å²) in [5, 5.41) is 2.98. The summed E-state index contributed by atoms with van der Waals surface area (Å²) in [6.07, 6.45) is 3.24. The molecule has 2 amide bonds. The fraction of sp³-hybridized carbons (Fsp3) is 0.438. The number of aryl methyl sites for hydroxylation is 2. The molecule has 1 fully saturated rings. The molecule has 0 aromatic heterocycles. The fourth-order valence-electron chi connectivity index (χ4n) is 3.78. The zero-order valence-electron chi connectivity index (χ0n) is 11.2. The number of benzene rings is 1. The number of nitrogens with zero attached hydrogens (tertiary/aromatic N) is 1. The van der Waals surface area contributed by atoms with Crippen molar-refractivity contribution in [3.63, 3.8) is 0 Å². The van der Waals surface area contributed by atoms with Gasteiger partial charge < -0.3 is 10.2 Å². The number of nitrogens with one attached hydrogen (secondary N) is 1. The van der Waals surface area contributed by atoms with E-state index in [4.69, 9.17) is 0 Å². The van der Waals surface area contributed by atoms with Crippen LogP contribution in [0.15, 0.2) is 23.8 Å². The Bertz CT molecular complexity index is 603. The van der Waals surface area contributed by atoms with Gasteiger partial charge in [-0.3, -0.25) is 0 Å². The SMILES string of the molecule is Cc1ccc2c(c1)C1=C(CC2)C2CNC(=O)N2CC1. The molecule has 1 saturated heterocycles. The average Bonchev–Trinajstić information content (AvgIpc) is 2.80. The minimum atomic E-state index is 0.117. The topological polar surface area (TPSA) is 32.3 Å². The molecule has 4 rings (SSSR count). The molecular formula is C16H18N2O. The molecule has 2 aliphatic heterocycles. The Balaban J connectivity index is 1.84.